The highest BCUT2D eigenvalue weighted by atomic mass is 16.5. The molecular formula is C13H23NO4. The van der Waals surface area contributed by atoms with Crippen molar-refractivity contribution in [2.75, 3.05) is 26.3 Å². The maximum atomic E-state index is 11.9. The van der Waals surface area contributed by atoms with Crippen molar-refractivity contribution in [3.05, 3.63) is 0 Å². The highest BCUT2D eigenvalue weighted by Crippen LogP contribution is 2.18. The van der Waals surface area contributed by atoms with E-state index >= 15 is 0 Å². The molecule has 104 valence electrons. The zero-order valence-corrected chi connectivity index (χ0v) is 11.2. The lowest BCUT2D eigenvalue weighted by atomic mass is 9.93. The number of hydrogen-bond acceptors (Lipinski definition) is 3. The van der Waals surface area contributed by atoms with Crippen LogP contribution >= 0.6 is 0 Å². The Kier molecular flexibility index (Phi) is 6.12. The van der Waals surface area contributed by atoms with Gasteiger partial charge in [-0.3, -0.25) is 9.59 Å². The van der Waals surface area contributed by atoms with Crippen LogP contribution in [0.1, 0.15) is 33.1 Å². The number of carbonyl (C=O) groups is 2. The van der Waals surface area contributed by atoms with E-state index in [4.69, 9.17) is 9.84 Å². The first kappa shape index (κ1) is 15.0. The van der Waals surface area contributed by atoms with Gasteiger partial charge in [0.25, 0.3) is 0 Å². The lowest BCUT2D eigenvalue weighted by molar-refractivity contribution is -0.143. The second-order valence-corrected chi connectivity index (χ2v) is 5.20. The molecule has 1 saturated heterocycles. The number of hydrogen-bond donors (Lipinski definition) is 1. The Labute approximate surface area is 108 Å². The minimum Gasteiger partial charge on any atom is -0.481 e. The molecule has 1 heterocycles. The lowest BCUT2D eigenvalue weighted by Crippen LogP contribution is -2.40. The summed E-state index contributed by atoms with van der Waals surface area (Å²) >= 11 is 0. The van der Waals surface area contributed by atoms with E-state index in [9.17, 15) is 9.59 Å². The van der Waals surface area contributed by atoms with Crippen molar-refractivity contribution in [3.8, 4) is 0 Å². The molecule has 1 fully saturated rings. The van der Waals surface area contributed by atoms with Crippen LogP contribution < -0.4 is 0 Å². The smallest absolute Gasteiger partial charge is 0.306 e. The standard InChI is InChI=1S/C13H23NO4/c1-10(2)9-11(13(16)17)3-4-12(15)14-5-7-18-8-6-14/h10-11H,3-9H2,1-2H3,(H,16,17)/t11-/m1/s1. The van der Waals surface area contributed by atoms with Crippen molar-refractivity contribution in [1.29, 1.82) is 0 Å². The van der Waals surface area contributed by atoms with Crippen LogP contribution in [0.2, 0.25) is 0 Å². The zero-order chi connectivity index (χ0) is 13.5. The number of amides is 1. The molecule has 0 aromatic rings. The van der Waals surface area contributed by atoms with Gasteiger partial charge in [-0.2, -0.15) is 0 Å². The van der Waals surface area contributed by atoms with Gasteiger partial charge in [-0.25, -0.2) is 0 Å². The largest absolute Gasteiger partial charge is 0.481 e. The van der Waals surface area contributed by atoms with Crippen molar-refractivity contribution >= 4 is 11.9 Å². The fourth-order valence-corrected chi connectivity index (χ4v) is 2.18. The molecule has 0 bridgehead atoms. The van der Waals surface area contributed by atoms with E-state index in [-0.39, 0.29) is 5.91 Å². The Balaban J connectivity index is 2.36. The molecule has 1 atom stereocenters. The molecule has 1 amide bonds. The summed E-state index contributed by atoms with van der Waals surface area (Å²) in [7, 11) is 0. The average Bonchev–Trinajstić information content (AvgIpc) is 2.34. The third kappa shape index (κ3) is 5.04. The van der Waals surface area contributed by atoms with E-state index in [1.807, 2.05) is 13.8 Å². The summed E-state index contributed by atoms with van der Waals surface area (Å²) in [5.74, 6) is -0.814. The van der Waals surface area contributed by atoms with E-state index in [0.717, 1.165) is 0 Å². The van der Waals surface area contributed by atoms with Gasteiger partial charge in [0.05, 0.1) is 19.1 Å². The normalized spacial score (nSPS) is 17.8. The fourth-order valence-electron chi connectivity index (χ4n) is 2.18. The minimum absolute atomic E-state index is 0.0494. The number of carboxylic acid groups (broad SMARTS) is 1. The van der Waals surface area contributed by atoms with Crippen molar-refractivity contribution in [2.24, 2.45) is 11.8 Å². The molecule has 1 aliphatic heterocycles. The Hall–Kier alpha value is -1.10. The first-order chi connectivity index (χ1) is 8.50. The summed E-state index contributed by atoms with van der Waals surface area (Å²) in [6.07, 6.45) is 1.39. The summed E-state index contributed by atoms with van der Waals surface area (Å²) in [5, 5.41) is 9.10. The van der Waals surface area contributed by atoms with E-state index in [1.54, 1.807) is 4.90 Å². The number of aliphatic carboxylic acids is 1. The first-order valence-electron chi connectivity index (χ1n) is 6.59. The molecule has 0 spiro atoms. The fraction of sp³-hybridized carbons (Fsp3) is 0.846. The van der Waals surface area contributed by atoms with Crippen molar-refractivity contribution in [1.82, 2.24) is 4.90 Å². The second kappa shape index (κ2) is 7.36. The SMILES string of the molecule is CC(C)C[C@@H](CCC(=O)N1CCOCC1)C(=O)O. The Morgan fingerprint density at radius 1 is 1.28 bits per heavy atom. The third-order valence-electron chi connectivity index (χ3n) is 3.18. The number of carboxylic acids is 1. The van der Waals surface area contributed by atoms with Gasteiger partial charge in [0.15, 0.2) is 0 Å². The topological polar surface area (TPSA) is 66.8 Å². The summed E-state index contributed by atoms with van der Waals surface area (Å²) in [4.78, 5) is 24.7. The van der Waals surface area contributed by atoms with Gasteiger partial charge >= 0.3 is 5.97 Å². The van der Waals surface area contributed by atoms with Crippen molar-refractivity contribution in [2.45, 2.75) is 33.1 Å². The lowest BCUT2D eigenvalue weighted by Gasteiger charge is -2.27. The predicted octanol–water partition coefficient (Wildman–Crippen LogP) is 1.37. The quantitative estimate of drug-likeness (QED) is 0.780. The van der Waals surface area contributed by atoms with Crippen LogP contribution in [0.25, 0.3) is 0 Å². The molecular weight excluding hydrogens is 234 g/mol. The summed E-state index contributed by atoms with van der Waals surface area (Å²) in [5.41, 5.74) is 0. The molecule has 18 heavy (non-hydrogen) atoms. The van der Waals surface area contributed by atoms with Crippen LogP contribution in [0.5, 0.6) is 0 Å². The molecule has 0 aromatic heterocycles. The van der Waals surface area contributed by atoms with Gasteiger partial charge in [0, 0.05) is 19.5 Å². The zero-order valence-electron chi connectivity index (χ0n) is 11.2. The van der Waals surface area contributed by atoms with Crippen LogP contribution in [-0.2, 0) is 14.3 Å². The Morgan fingerprint density at radius 3 is 2.39 bits per heavy atom. The van der Waals surface area contributed by atoms with E-state index in [0.29, 0.717) is 51.5 Å². The maximum Gasteiger partial charge on any atom is 0.306 e. The molecule has 0 aromatic carbocycles. The predicted molar refractivity (Wildman–Crippen MR) is 67.2 cm³/mol. The average molecular weight is 257 g/mol. The highest BCUT2D eigenvalue weighted by molar-refractivity contribution is 5.77. The van der Waals surface area contributed by atoms with E-state index in [2.05, 4.69) is 0 Å². The Bertz CT molecular complexity index is 285. The van der Waals surface area contributed by atoms with Gasteiger partial charge in [-0.05, 0) is 18.8 Å². The Morgan fingerprint density at radius 2 is 1.89 bits per heavy atom. The van der Waals surface area contributed by atoms with Gasteiger partial charge < -0.3 is 14.7 Å². The molecule has 0 unspecified atom stereocenters. The van der Waals surface area contributed by atoms with Crippen LogP contribution in [0.3, 0.4) is 0 Å². The van der Waals surface area contributed by atoms with Gasteiger partial charge in [0.1, 0.15) is 0 Å². The van der Waals surface area contributed by atoms with Crippen LogP contribution in [0, 0.1) is 11.8 Å². The van der Waals surface area contributed by atoms with Crippen LogP contribution in [0.4, 0.5) is 0 Å². The molecule has 5 nitrogen and oxygen atoms in total. The monoisotopic (exact) mass is 257 g/mol. The van der Waals surface area contributed by atoms with Gasteiger partial charge in [-0.1, -0.05) is 13.8 Å². The second-order valence-electron chi connectivity index (χ2n) is 5.20. The van der Waals surface area contributed by atoms with Gasteiger partial charge in [-0.15, -0.1) is 0 Å². The molecule has 5 heteroatoms. The van der Waals surface area contributed by atoms with Crippen LogP contribution in [0.15, 0.2) is 0 Å². The molecule has 1 rings (SSSR count). The number of carbonyl (C=O) groups excluding carboxylic acids is 1. The third-order valence-corrected chi connectivity index (χ3v) is 3.18. The molecule has 0 saturated carbocycles. The summed E-state index contributed by atoms with van der Waals surface area (Å²) in [6.45, 7) is 6.42. The number of ether oxygens (including phenoxy) is 1. The van der Waals surface area contributed by atoms with Crippen molar-refractivity contribution < 1.29 is 19.4 Å². The van der Waals surface area contributed by atoms with E-state index < -0.39 is 11.9 Å². The summed E-state index contributed by atoms with van der Waals surface area (Å²) in [6, 6.07) is 0. The molecule has 1 N–H and O–H groups in total. The molecule has 0 radical (unpaired) electrons. The van der Waals surface area contributed by atoms with Crippen molar-refractivity contribution in [3.63, 3.8) is 0 Å². The van der Waals surface area contributed by atoms with Crippen LogP contribution in [-0.4, -0.2) is 48.2 Å². The minimum atomic E-state index is -0.793. The number of rotatable bonds is 6. The highest BCUT2D eigenvalue weighted by Gasteiger charge is 2.22. The molecule has 0 aliphatic carbocycles. The summed E-state index contributed by atoms with van der Waals surface area (Å²) < 4.78 is 5.18. The number of morpholine rings is 1. The first-order valence-corrected chi connectivity index (χ1v) is 6.59. The van der Waals surface area contributed by atoms with E-state index in [1.165, 1.54) is 0 Å². The number of nitrogens with zero attached hydrogens (tertiary/aromatic N) is 1. The van der Waals surface area contributed by atoms with Gasteiger partial charge in [0.2, 0.25) is 5.91 Å². The maximum absolute atomic E-state index is 11.9. The molecule has 1 aliphatic rings.